The van der Waals surface area contributed by atoms with E-state index in [-0.39, 0.29) is 5.41 Å². The molecule has 128 valence electrons. The minimum atomic E-state index is -0.280. The summed E-state index contributed by atoms with van der Waals surface area (Å²) >= 11 is 0. The van der Waals surface area contributed by atoms with Crippen LogP contribution in [0.3, 0.4) is 0 Å². The molecule has 0 spiro atoms. The van der Waals surface area contributed by atoms with Gasteiger partial charge in [-0.2, -0.15) is 5.26 Å². The van der Waals surface area contributed by atoms with Gasteiger partial charge in [0.05, 0.1) is 11.5 Å². The molecule has 1 saturated heterocycles. The molecule has 1 aliphatic carbocycles. The Labute approximate surface area is 151 Å². The molecule has 0 bridgehead atoms. The predicted molar refractivity (Wildman–Crippen MR) is 101 cm³/mol. The minimum absolute atomic E-state index is 0.280. The lowest BCUT2D eigenvalue weighted by Crippen LogP contribution is -2.50. The van der Waals surface area contributed by atoms with Crippen molar-refractivity contribution in [2.45, 2.75) is 50.1 Å². The summed E-state index contributed by atoms with van der Waals surface area (Å²) in [7, 11) is 0. The fraction of sp³-hybridized carbons (Fsp3) is 0.435. The second-order valence-electron chi connectivity index (χ2n) is 7.73. The van der Waals surface area contributed by atoms with Crippen LogP contribution < -0.4 is 0 Å². The van der Waals surface area contributed by atoms with Gasteiger partial charge >= 0.3 is 0 Å². The number of benzene rings is 2. The standard InChI is InChI=1S/C23H26N2/c24-18-23(21-11-5-2-6-12-21)14-13-22-20(16-23)10-7-15-25(22)17-19-8-3-1-4-9-19/h1-6,8-9,11-12,20,22H,7,10,13-17H2/t20-,22-,23?/m1/s1. The van der Waals surface area contributed by atoms with E-state index < -0.39 is 0 Å². The summed E-state index contributed by atoms with van der Waals surface area (Å²) in [5.74, 6) is 0.645. The zero-order valence-electron chi connectivity index (χ0n) is 14.8. The Morgan fingerprint density at radius 3 is 2.44 bits per heavy atom. The Morgan fingerprint density at radius 1 is 1.00 bits per heavy atom. The van der Waals surface area contributed by atoms with Gasteiger partial charge in [-0.25, -0.2) is 0 Å². The van der Waals surface area contributed by atoms with Crippen LogP contribution in [0.4, 0.5) is 0 Å². The van der Waals surface area contributed by atoms with E-state index in [0.717, 1.165) is 25.8 Å². The number of nitriles is 1. The van der Waals surface area contributed by atoms with Crippen LogP contribution in [-0.2, 0) is 12.0 Å². The van der Waals surface area contributed by atoms with E-state index in [1.807, 2.05) is 6.07 Å². The number of hydrogen-bond acceptors (Lipinski definition) is 2. The summed E-state index contributed by atoms with van der Waals surface area (Å²) in [4.78, 5) is 2.68. The molecule has 1 unspecified atom stereocenters. The van der Waals surface area contributed by atoms with Crippen LogP contribution in [0.1, 0.15) is 43.2 Å². The minimum Gasteiger partial charge on any atom is -0.296 e. The smallest absolute Gasteiger partial charge is 0.0826 e. The van der Waals surface area contributed by atoms with E-state index in [4.69, 9.17) is 0 Å². The fourth-order valence-electron chi connectivity index (χ4n) is 5.01. The molecular formula is C23H26N2. The first kappa shape index (κ1) is 16.4. The maximum absolute atomic E-state index is 10.0. The van der Waals surface area contributed by atoms with Crippen molar-refractivity contribution in [3.63, 3.8) is 0 Å². The van der Waals surface area contributed by atoms with Crippen LogP contribution in [-0.4, -0.2) is 17.5 Å². The highest BCUT2D eigenvalue weighted by atomic mass is 15.2. The number of rotatable bonds is 3. The van der Waals surface area contributed by atoms with Crippen molar-refractivity contribution in [3.8, 4) is 6.07 Å². The molecule has 0 aromatic heterocycles. The van der Waals surface area contributed by atoms with Crippen molar-refractivity contribution in [1.29, 1.82) is 5.26 Å². The Bertz CT molecular complexity index is 734. The molecule has 25 heavy (non-hydrogen) atoms. The number of piperidine rings is 1. The second kappa shape index (κ2) is 7.02. The predicted octanol–water partition coefficient (Wildman–Crippen LogP) is 4.91. The molecule has 2 nitrogen and oxygen atoms in total. The molecule has 0 N–H and O–H groups in total. The molecule has 1 heterocycles. The fourth-order valence-corrected chi connectivity index (χ4v) is 5.01. The Kier molecular flexibility index (Phi) is 4.59. The maximum atomic E-state index is 10.0. The Hall–Kier alpha value is -2.11. The van der Waals surface area contributed by atoms with E-state index in [1.54, 1.807) is 0 Å². The molecule has 2 aromatic carbocycles. The summed E-state index contributed by atoms with van der Waals surface area (Å²) < 4.78 is 0. The summed E-state index contributed by atoms with van der Waals surface area (Å²) in [6, 6.07) is 24.7. The molecule has 0 amide bonds. The topological polar surface area (TPSA) is 27.0 Å². The lowest BCUT2D eigenvalue weighted by atomic mass is 9.63. The van der Waals surface area contributed by atoms with Crippen molar-refractivity contribution in [1.82, 2.24) is 4.90 Å². The van der Waals surface area contributed by atoms with Gasteiger partial charge in [-0.15, -0.1) is 0 Å². The number of hydrogen-bond donors (Lipinski definition) is 0. The third kappa shape index (κ3) is 3.22. The van der Waals surface area contributed by atoms with Gasteiger partial charge in [0.15, 0.2) is 0 Å². The summed E-state index contributed by atoms with van der Waals surface area (Å²) in [5, 5.41) is 10.0. The van der Waals surface area contributed by atoms with Crippen molar-refractivity contribution >= 4 is 0 Å². The summed E-state index contributed by atoms with van der Waals surface area (Å²) in [6.45, 7) is 2.24. The van der Waals surface area contributed by atoms with Crippen molar-refractivity contribution in [2.24, 2.45) is 5.92 Å². The highest BCUT2D eigenvalue weighted by Gasteiger charge is 2.45. The van der Waals surface area contributed by atoms with E-state index in [9.17, 15) is 5.26 Å². The SMILES string of the molecule is N#CC1(c2ccccc2)CC[C@@H]2[C@H](CCCN2Cc2ccccc2)C1. The molecule has 2 fully saturated rings. The van der Waals surface area contributed by atoms with E-state index in [0.29, 0.717) is 12.0 Å². The van der Waals surface area contributed by atoms with Crippen LogP contribution in [0.15, 0.2) is 60.7 Å². The van der Waals surface area contributed by atoms with Crippen LogP contribution >= 0.6 is 0 Å². The second-order valence-corrected chi connectivity index (χ2v) is 7.73. The van der Waals surface area contributed by atoms with Crippen molar-refractivity contribution in [3.05, 3.63) is 71.8 Å². The molecule has 2 heteroatoms. The summed E-state index contributed by atoms with van der Waals surface area (Å²) in [5.41, 5.74) is 2.34. The molecule has 0 radical (unpaired) electrons. The van der Waals surface area contributed by atoms with Gasteiger partial charge in [0.2, 0.25) is 0 Å². The average molecular weight is 330 g/mol. The van der Waals surface area contributed by atoms with Gasteiger partial charge in [0, 0.05) is 12.6 Å². The molecule has 1 aliphatic heterocycles. The molecule has 3 atom stereocenters. The maximum Gasteiger partial charge on any atom is 0.0826 e. The molecular weight excluding hydrogens is 304 g/mol. The van der Waals surface area contributed by atoms with Crippen LogP contribution in [0.5, 0.6) is 0 Å². The van der Waals surface area contributed by atoms with Crippen LogP contribution in [0, 0.1) is 17.2 Å². The average Bonchev–Trinajstić information content (AvgIpc) is 2.69. The Balaban J connectivity index is 1.53. The quantitative estimate of drug-likeness (QED) is 0.799. The zero-order valence-corrected chi connectivity index (χ0v) is 14.8. The lowest BCUT2D eigenvalue weighted by Gasteiger charge is -2.48. The first-order chi connectivity index (χ1) is 12.3. The van der Waals surface area contributed by atoms with Gasteiger partial charge in [0.25, 0.3) is 0 Å². The first-order valence-corrected chi connectivity index (χ1v) is 9.55. The van der Waals surface area contributed by atoms with E-state index >= 15 is 0 Å². The molecule has 4 rings (SSSR count). The van der Waals surface area contributed by atoms with Crippen molar-refractivity contribution in [2.75, 3.05) is 6.54 Å². The third-order valence-corrected chi connectivity index (χ3v) is 6.28. The Morgan fingerprint density at radius 2 is 1.72 bits per heavy atom. The largest absolute Gasteiger partial charge is 0.296 e. The highest BCUT2D eigenvalue weighted by Crippen LogP contribution is 2.46. The van der Waals surface area contributed by atoms with Gasteiger partial charge in [-0.3, -0.25) is 4.90 Å². The van der Waals surface area contributed by atoms with Gasteiger partial charge in [0.1, 0.15) is 0 Å². The van der Waals surface area contributed by atoms with Crippen LogP contribution in [0.2, 0.25) is 0 Å². The van der Waals surface area contributed by atoms with Gasteiger partial charge in [-0.05, 0) is 55.7 Å². The first-order valence-electron chi connectivity index (χ1n) is 9.55. The van der Waals surface area contributed by atoms with E-state index in [1.165, 1.54) is 30.5 Å². The third-order valence-electron chi connectivity index (χ3n) is 6.28. The number of likely N-dealkylation sites (tertiary alicyclic amines) is 1. The van der Waals surface area contributed by atoms with Crippen molar-refractivity contribution < 1.29 is 0 Å². The number of nitrogens with zero attached hydrogens (tertiary/aromatic N) is 2. The summed E-state index contributed by atoms with van der Waals surface area (Å²) in [6.07, 6.45) is 5.67. The number of fused-ring (bicyclic) bond motifs is 1. The lowest BCUT2D eigenvalue weighted by molar-refractivity contribution is 0.0369. The van der Waals surface area contributed by atoms with E-state index in [2.05, 4.69) is 65.6 Å². The molecule has 2 aromatic rings. The monoisotopic (exact) mass is 330 g/mol. The normalized spacial score (nSPS) is 29.6. The highest BCUT2D eigenvalue weighted by molar-refractivity contribution is 5.33. The zero-order chi connectivity index (χ0) is 17.1. The van der Waals surface area contributed by atoms with Gasteiger partial charge < -0.3 is 0 Å². The molecule has 1 saturated carbocycles. The van der Waals surface area contributed by atoms with Gasteiger partial charge in [-0.1, -0.05) is 60.7 Å². The van der Waals surface area contributed by atoms with Crippen LogP contribution in [0.25, 0.3) is 0 Å². The molecule has 2 aliphatic rings.